The molecule has 2 aromatic carbocycles. The van der Waals surface area contributed by atoms with E-state index in [1.165, 1.54) is 23.8 Å². The van der Waals surface area contributed by atoms with Gasteiger partial charge >= 0.3 is 18.2 Å². The summed E-state index contributed by atoms with van der Waals surface area (Å²) in [5, 5.41) is 9.79. The predicted octanol–water partition coefficient (Wildman–Crippen LogP) is 4.34. The summed E-state index contributed by atoms with van der Waals surface area (Å²) in [7, 11) is 1.47. The number of carbonyl (C=O) groups excluding carboxylic acids is 2. The van der Waals surface area contributed by atoms with Gasteiger partial charge in [-0.15, -0.1) is 0 Å². The topological polar surface area (TPSA) is 106 Å². The van der Waals surface area contributed by atoms with Crippen molar-refractivity contribution >= 4 is 18.2 Å². The molecule has 9 heteroatoms. The highest BCUT2D eigenvalue weighted by Crippen LogP contribution is 2.44. The fraction of sp³-hybridized carbons (Fsp3) is 0.464. The van der Waals surface area contributed by atoms with Crippen LogP contribution in [0, 0.1) is 0 Å². The van der Waals surface area contributed by atoms with Crippen LogP contribution in [0.2, 0.25) is 0 Å². The first-order valence-corrected chi connectivity index (χ1v) is 12.4. The molecule has 0 saturated carbocycles. The van der Waals surface area contributed by atoms with E-state index in [-0.39, 0.29) is 25.6 Å². The fourth-order valence-corrected chi connectivity index (χ4v) is 5.10. The number of ether oxygens (including phenoxy) is 3. The van der Waals surface area contributed by atoms with Crippen LogP contribution in [0.25, 0.3) is 11.1 Å². The molecule has 0 spiro atoms. The molecule has 2 aliphatic rings. The van der Waals surface area contributed by atoms with Crippen molar-refractivity contribution in [3.05, 3.63) is 59.7 Å². The number of hydrogen-bond donors (Lipinski definition) is 1. The van der Waals surface area contributed by atoms with Gasteiger partial charge in [0, 0.05) is 19.6 Å². The first-order chi connectivity index (χ1) is 17.5. The van der Waals surface area contributed by atoms with Crippen molar-refractivity contribution in [3.63, 3.8) is 0 Å². The zero-order valence-corrected chi connectivity index (χ0v) is 21.8. The molecule has 2 amide bonds. The lowest BCUT2D eigenvalue weighted by atomic mass is 9.98. The Hall–Kier alpha value is -3.59. The summed E-state index contributed by atoms with van der Waals surface area (Å²) in [5.41, 5.74) is 3.61. The van der Waals surface area contributed by atoms with Crippen LogP contribution in [0.1, 0.15) is 44.7 Å². The van der Waals surface area contributed by atoms with Crippen LogP contribution in [-0.4, -0.2) is 83.7 Å². The molecule has 0 radical (unpaired) electrons. The van der Waals surface area contributed by atoms with E-state index >= 15 is 0 Å². The second-order valence-corrected chi connectivity index (χ2v) is 10.5. The van der Waals surface area contributed by atoms with Crippen molar-refractivity contribution in [2.75, 3.05) is 26.8 Å². The van der Waals surface area contributed by atoms with E-state index in [9.17, 15) is 19.5 Å². The van der Waals surface area contributed by atoms with Crippen molar-refractivity contribution < 1.29 is 33.7 Å². The molecule has 1 aliphatic carbocycles. The molecule has 0 aromatic heterocycles. The molecule has 1 saturated heterocycles. The minimum absolute atomic E-state index is 0.0514. The molecule has 1 unspecified atom stereocenters. The number of amides is 2. The molecule has 2 aromatic rings. The number of fused-ring (bicyclic) bond motifs is 3. The molecule has 37 heavy (non-hydrogen) atoms. The lowest BCUT2D eigenvalue weighted by Gasteiger charge is -2.34. The summed E-state index contributed by atoms with van der Waals surface area (Å²) < 4.78 is 16.8. The number of benzene rings is 2. The Morgan fingerprint density at radius 2 is 1.59 bits per heavy atom. The maximum absolute atomic E-state index is 13.5. The number of nitrogens with zero attached hydrogens (tertiary/aromatic N) is 2. The van der Waals surface area contributed by atoms with E-state index in [4.69, 9.17) is 14.2 Å². The lowest BCUT2D eigenvalue weighted by molar-refractivity contribution is -0.143. The van der Waals surface area contributed by atoms with Gasteiger partial charge in [-0.25, -0.2) is 14.4 Å². The van der Waals surface area contributed by atoms with Gasteiger partial charge in [0.2, 0.25) is 0 Å². The zero-order valence-electron chi connectivity index (χ0n) is 21.8. The third-order valence-corrected chi connectivity index (χ3v) is 6.87. The molecular formula is C28H34N2O7. The number of rotatable bonds is 6. The third kappa shape index (κ3) is 5.41. The smallest absolute Gasteiger partial charge is 0.410 e. The predicted molar refractivity (Wildman–Crippen MR) is 136 cm³/mol. The van der Waals surface area contributed by atoms with Crippen LogP contribution < -0.4 is 0 Å². The highest BCUT2D eigenvalue weighted by Gasteiger charge is 2.46. The molecule has 1 heterocycles. The van der Waals surface area contributed by atoms with E-state index in [0.29, 0.717) is 0 Å². The van der Waals surface area contributed by atoms with Crippen LogP contribution in [-0.2, 0) is 19.0 Å². The number of carboxylic acids is 1. The molecule has 1 aliphatic heterocycles. The Labute approximate surface area is 216 Å². The second kappa shape index (κ2) is 10.4. The maximum Gasteiger partial charge on any atom is 0.410 e. The van der Waals surface area contributed by atoms with Gasteiger partial charge in [0.1, 0.15) is 18.2 Å². The highest BCUT2D eigenvalue weighted by atomic mass is 16.6. The van der Waals surface area contributed by atoms with Crippen molar-refractivity contribution in [3.8, 4) is 11.1 Å². The number of aliphatic carboxylic acids is 1. The lowest BCUT2D eigenvalue weighted by Crippen LogP contribution is -2.54. The maximum atomic E-state index is 13.5. The second-order valence-electron chi connectivity index (χ2n) is 10.5. The van der Waals surface area contributed by atoms with Crippen LogP contribution >= 0.6 is 0 Å². The molecule has 1 N–H and O–H groups in total. The standard InChI is InChI=1S/C28H34N2O7/c1-17(25(31)32)30(23-14-29(15-24(23)35-5)26(33)37-28(2,3)4)27(34)36-16-22-20-12-8-6-10-18(20)19-11-7-9-13-21(19)22/h6-13,17,22-24H,14-16H2,1-5H3,(H,31,32)/t17?,23-,24-/m1/s1. The molecule has 9 nitrogen and oxygen atoms in total. The Kier molecular flexibility index (Phi) is 7.45. The van der Waals surface area contributed by atoms with Gasteiger partial charge in [-0.2, -0.15) is 0 Å². The Bertz CT molecular complexity index is 1130. The first-order valence-electron chi connectivity index (χ1n) is 12.4. The molecule has 198 valence electrons. The van der Waals surface area contributed by atoms with E-state index in [2.05, 4.69) is 0 Å². The third-order valence-electron chi connectivity index (χ3n) is 6.87. The van der Waals surface area contributed by atoms with Crippen molar-refractivity contribution in [2.24, 2.45) is 0 Å². The van der Waals surface area contributed by atoms with Crippen molar-refractivity contribution in [1.82, 2.24) is 9.80 Å². The zero-order chi connectivity index (χ0) is 26.9. The van der Waals surface area contributed by atoms with Gasteiger partial charge in [-0.05, 0) is 49.9 Å². The van der Waals surface area contributed by atoms with Gasteiger partial charge in [0.05, 0.1) is 18.7 Å². The minimum Gasteiger partial charge on any atom is -0.480 e. The minimum atomic E-state index is -1.20. The number of likely N-dealkylation sites (tertiary alicyclic amines) is 1. The van der Waals surface area contributed by atoms with E-state index in [0.717, 1.165) is 22.3 Å². The summed E-state index contributed by atoms with van der Waals surface area (Å²) in [6, 6.07) is 14.0. The molecule has 0 bridgehead atoms. The van der Waals surface area contributed by atoms with Gasteiger partial charge < -0.3 is 24.2 Å². The number of carboxylic acid groups (broad SMARTS) is 1. The van der Waals surface area contributed by atoms with Gasteiger partial charge in [0.15, 0.2) is 0 Å². The summed E-state index contributed by atoms with van der Waals surface area (Å²) >= 11 is 0. The number of hydrogen-bond acceptors (Lipinski definition) is 6. The average molecular weight is 511 g/mol. The fourth-order valence-electron chi connectivity index (χ4n) is 5.10. The van der Waals surface area contributed by atoms with Gasteiger partial charge in [0.25, 0.3) is 0 Å². The number of carbonyl (C=O) groups is 3. The van der Waals surface area contributed by atoms with Gasteiger partial charge in [-0.1, -0.05) is 48.5 Å². The summed E-state index contributed by atoms with van der Waals surface area (Å²) in [6.45, 7) is 7.00. The normalized spacial score (nSPS) is 19.6. The quantitative estimate of drug-likeness (QED) is 0.616. The average Bonchev–Trinajstić information content (AvgIpc) is 3.41. The van der Waals surface area contributed by atoms with E-state index in [1.54, 1.807) is 20.8 Å². The van der Waals surface area contributed by atoms with Crippen LogP contribution in [0.3, 0.4) is 0 Å². The summed E-state index contributed by atoms with van der Waals surface area (Å²) in [4.78, 5) is 40.8. The first kappa shape index (κ1) is 26.5. The van der Waals surface area contributed by atoms with Crippen LogP contribution in [0.5, 0.6) is 0 Å². The Morgan fingerprint density at radius 1 is 1.03 bits per heavy atom. The molecule has 4 rings (SSSR count). The van der Waals surface area contributed by atoms with E-state index in [1.807, 2.05) is 48.5 Å². The van der Waals surface area contributed by atoms with Crippen LogP contribution in [0.15, 0.2) is 48.5 Å². The highest BCUT2D eigenvalue weighted by molar-refractivity contribution is 5.81. The molecule has 3 atom stereocenters. The monoisotopic (exact) mass is 510 g/mol. The van der Waals surface area contributed by atoms with Crippen molar-refractivity contribution in [2.45, 2.75) is 57.4 Å². The Balaban J connectivity index is 1.55. The van der Waals surface area contributed by atoms with Crippen LogP contribution in [0.4, 0.5) is 9.59 Å². The SMILES string of the molecule is CO[C@@H]1CN(C(=O)OC(C)(C)C)C[C@H]1N(C(=O)OCC1c2ccccc2-c2ccccc21)C(C)C(=O)O. The Morgan fingerprint density at radius 3 is 2.11 bits per heavy atom. The van der Waals surface area contributed by atoms with Gasteiger partial charge in [-0.3, -0.25) is 4.90 Å². The molecule has 1 fully saturated rings. The van der Waals surface area contributed by atoms with Crippen molar-refractivity contribution in [1.29, 1.82) is 0 Å². The summed E-state index contributed by atoms with van der Waals surface area (Å²) in [6.07, 6.45) is -1.92. The van der Waals surface area contributed by atoms with E-state index < -0.39 is 41.9 Å². The number of methoxy groups -OCH3 is 1. The summed E-state index contributed by atoms with van der Waals surface area (Å²) in [5.74, 6) is -1.35. The molecular weight excluding hydrogens is 476 g/mol. The largest absolute Gasteiger partial charge is 0.480 e.